The zero-order chi connectivity index (χ0) is 10.6. The lowest BCUT2D eigenvalue weighted by molar-refractivity contribution is -0.183. The van der Waals surface area contributed by atoms with Gasteiger partial charge >= 0.3 is 12.1 Å². The quantitative estimate of drug-likeness (QED) is 0.511. The summed E-state index contributed by atoms with van der Waals surface area (Å²) >= 11 is 0. The number of carbonyl (C=O) groups is 1. The molecular formula is C8H11F3O2. The Morgan fingerprint density at radius 2 is 1.92 bits per heavy atom. The van der Waals surface area contributed by atoms with Crippen LogP contribution in [0.1, 0.15) is 13.8 Å². The van der Waals surface area contributed by atoms with Crippen molar-refractivity contribution in [2.75, 3.05) is 6.61 Å². The number of esters is 1. The van der Waals surface area contributed by atoms with E-state index in [4.69, 9.17) is 0 Å². The Bertz CT molecular complexity index is 206. The predicted molar refractivity (Wildman–Crippen MR) is 41.0 cm³/mol. The first kappa shape index (κ1) is 12.0. The Hall–Kier alpha value is -1.00. The average molecular weight is 196 g/mol. The van der Waals surface area contributed by atoms with Crippen molar-refractivity contribution in [3.8, 4) is 0 Å². The van der Waals surface area contributed by atoms with Gasteiger partial charge < -0.3 is 4.74 Å². The maximum atomic E-state index is 11.6. The summed E-state index contributed by atoms with van der Waals surface area (Å²) in [7, 11) is 0. The third-order valence-corrected chi connectivity index (χ3v) is 1.33. The molecule has 0 atom stereocenters. The van der Waals surface area contributed by atoms with E-state index in [0.717, 1.165) is 0 Å². The summed E-state index contributed by atoms with van der Waals surface area (Å²) < 4.78 is 38.7. The van der Waals surface area contributed by atoms with E-state index >= 15 is 0 Å². The van der Waals surface area contributed by atoms with Crippen LogP contribution in [0, 0.1) is 5.92 Å². The highest BCUT2D eigenvalue weighted by molar-refractivity contribution is 5.88. The lowest BCUT2D eigenvalue weighted by Gasteiger charge is -2.10. The second-order valence-electron chi connectivity index (χ2n) is 2.87. The molecule has 0 spiro atoms. The second-order valence-corrected chi connectivity index (χ2v) is 2.87. The lowest BCUT2D eigenvalue weighted by Crippen LogP contribution is -2.22. The predicted octanol–water partition coefficient (Wildman–Crippen LogP) is 2.30. The maximum absolute atomic E-state index is 11.6. The molecule has 13 heavy (non-hydrogen) atoms. The normalized spacial score (nSPS) is 11.5. The zero-order valence-electron chi connectivity index (χ0n) is 7.44. The summed E-state index contributed by atoms with van der Waals surface area (Å²) in [6, 6.07) is 0. The molecule has 0 rings (SSSR count). The smallest absolute Gasteiger partial charge is 0.422 e. The van der Waals surface area contributed by atoms with Crippen molar-refractivity contribution in [2.24, 2.45) is 5.92 Å². The minimum absolute atomic E-state index is 0.0456. The van der Waals surface area contributed by atoms with Gasteiger partial charge in [0.25, 0.3) is 0 Å². The van der Waals surface area contributed by atoms with Crippen LogP contribution in [0.3, 0.4) is 0 Å². The Morgan fingerprint density at radius 3 is 2.23 bits per heavy atom. The highest BCUT2D eigenvalue weighted by Crippen LogP contribution is 2.16. The van der Waals surface area contributed by atoms with Crippen molar-refractivity contribution < 1.29 is 22.7 Å². The molecule has 0 heterocycles. The number of hydrogen-bond donors (Lipinski definition) is 0. The van der Waals surface area contributed by atoms with Gasteiger partial charge in [-0.2, -0.15) is 13.2 Å². The first-order valence-corrected chi connectivity index (χ1v) is 3.66. The largest absolute Gasteiger partial charge is 0.453 e. The minimum Gasteiger partial charge on any atom is -0.453 e. The lowest BCUT2D eigenvalue weighted by atomic mass is 10.1. The Balaban J connectivity index is 3.96. The molecule has 0 saturated carbocycles. The Morgan fingerprint density at radius 1 is 1.46 bits per heavy atom. The molecule has 0 fully saturated rings. The summed E-state index contributed by atoms with van der Waals surface area (Å²) in [6.45, 7) is 5.05. The molecule has 5 heteroatoms. The van der Waals surface area contributed by atoms with Crippen LogP contribution in [0.25, 0.3) is 0 Å². The van der Waals surface area contributed by atoms with Crippen LogP contribution in [0.4, 0.5) is 13.2 Å². The van der Waals surface area contributed by atoms with Gasteiger partial charge in [-0.25, -0.2) is 4.79 Å². The van der Waals surface area contributed by atoms with Gasteiger partial charge in [0.15, 0.2) is 6.61 Å². The molecule has 0 radical (unpaired) electrons. The molecular weight excluding hydrogens is 185 g/mol. The second kappa shape index (κ2) is 4.30. The molecule has 0 amide bonds. The van der Waals surface area contributed by atoms with E-state index in [-0.39, 0.29) is 11.5 Å². The molecule has 76 valence electrons. The van der Waals surface area contributed by atoms with Crippen molar-refractivity contribution in [1.82, 2.24) is 0 Å². The standard InChI is InChI=1S/C8H11F3O2/c1-5(2)6(3)7(12)13-4-8(9,10)11/h5H,3-4H2,1-2H3. The molecule has 0 bridgehead atoms. The van der Waals surface area contributed by atoms with Gasteiger partial charge in [-0.1, -0.05) is 20.4 Å². The third-order valence-electron chi connectivity index (χ3n) is 1.33. The monoisotopic (exact) mass is 196 g/mol. The van der Waals surface area contributed by atoms with Crippen molar-refractivity contribution in [3.63, 3.8) is 0 Å². The van der Waals surface area contributed by atoms with E-state index in [9.17, 15) is 18.0 Å². The molecule has 0 aromatic carbocycles. The van der Waals surface area contributed by atoms with Crippen LogP contribution in [0.15, 0.2) is 12.2 Å². The van der Waals surface area contributed by atoms with Gasteiger partial charge in [0, 0.05) is 5.57 Å². The number of carbonyl (C=O) groups excluding carboxylic acids is 1. The Kier molecular flexibility index (Phi) is 3.97. The van der Waals surface area contributed by atoms with Crippen LogP contribution in [0.2, 0.25) is 0 Å². The Labute approximate surface area is 74.4 Å². The molecule has 0 aliphatic heterocycles. The van der Waals surface area contributed by atoms with Crippen LogP contribution < -0.4 is 0 Å². The van der Waals surface area contributed by atoms with Crippen molar-refractivity contribution in [2.45, 2.75) is 20.0 Å². The maximum Gasteiger partial charge on any atom is 0.422 e. The molecule has 0 aliphatic carbocycles. The minimum atomic E-state index is -4.48. The van der Waals surface area contributed by atoms with Gasteiger partial charge in [0.05, 0.1) is 0 Å². The van der Waals surface area contributed by atoms with Gasteiger partial charge in [0.1, 0.15) is 0 Å². The van der Waals surface area contributed by atoms with Crippen LogP contribution in [-0.4, -0.2) is 18.8 Å². The van der Waals surface area contributed by atoms with Crippen LogP contribution in [-0.2, 0) is 9.53 Å². The SMILES string of the molecule is C=C(C(=O)OCC(F)(F)F)C(C)C. The van der Waals surface area contributed by atoms with E-state index < -0.39 is 18.8 Å². The van der Waals surface area contributed by atoms with Crippen LogP contribution in [0.5, 0.6) is 0 Å². The molecule has 0 aromatic rings. The van der Waals surface area contributed by atoms with E-state index in [1.165, 1.54) is 0 Å². The number of halogens is 3. The number of hydrogen-bond acceptors (Lipinski definition) is 2. The topological polar surface area (TPSA) is 26.3 Å². The zero-order valence-corrected chi connectivity index (χ0v) is 7.44. The van der Waals surface area contributed by atoms with Gasteiger partial charge in [0.2, 0.25) is 0 Å². The fourth-order valence-electron chi connectivity index (χ4n) is 0.476. The third kappa shape index (κ3) is 5.27. The molecule has 2 nitrogen and oxygen atoms in total. The molecule has 0 aliphatic rings. The van der Waals surface area contributed by atoms with Crippen molar-refractivity contribution in [1.29, 1.82) is 0 Å². The van der Waals surface area contributed by atoms with Crippen molar-refractivity contribution >= 4 is 5.97 Å². The highest BCUT2D eigenvalue weighted by Gasteiger charge is 2.30. The molecule has 0 saturated heterocycles. The van der Waals surface area contributed by atoms with E-state index in [1.54, 1.807) is 13.8 Å². The van der Waals surface area contributed by atoms with Gasteiger partial charge in [-0.3, -0.25) is 0 Å². The number of rotatable bonds is 3. The van der Waals surface area contributed by atoms with Crippen LogP contribution >= 0.6 is 0 Å². The summed E-state index contributed by atoms with van der Waals surface area (Å²) in [6.07, 6.45) is -4.48. The van der Waals surface area contributed by atoms with E-state index in [2.05, 4.69) is 11.3 Å². The molecule has 0 unspecified atom stereocenters. The summed E-state index contributed by atoms with van der Waals surface area (Å²) in [5, 5.41) is 0. The summed E-state index contributed by atoms with van der Waals surface area (Å²) in [5.74, 6) is -1.20. The molecule has 0 N–H and O–H groups in total. The first-order valence-electron chi connectivity index (χ1n) is 3.66. The highest BCUT2D eigenvalue weighted by atomic mass is 19.4. The number of alkyl halides is 3. The average Bonchev–Trinajstić information content (AvgIpc) is 1.97. The van der Waals surface area contributed by atoms with E-state index in [1.807, 2.05) is 0 Å². The first-order chi connectivity index (χ1) is 5.74. The summed E-state index contributed by atoms with van der Waals surface area (Å²) in [5.41, 5.74) is 0.0456. The van der Waals surface area contributed by atoms with Gasteiger partial charge in [-0.15, -0.1) is 0 Å². The number of ether oxygens (including phenoxy) is 1. The fourth-order valence-corrected chi connectivity index (χ4v) is 0.476. The summed E-state index contributed by atoms with van der Waals surface area (Å²) in [4.78, 5) is 10.8. The van der Waals surface area contributed by atoms with Gasteiger partial charge in [-0.05, 0) is 5.92 Å². The van der Waals surface area contributed by atoms with Crippen molar-refractivity contribution in [3.05, 3.63) is 12.2 Å². The fraction of sp³-hybridized carbons (Fsp3) is 0.625. The van der Waals surface area contributed by atoms with E-state index in [0.29, 0.717) is 0 Å². The molecule has 0 aromatic heterocycles.